The van der Waals surface area contributed by atoms with E-state index in [9.17, 15) is 4.79 Å². The van der Waals surface area contributed by atoms with Gasteiger partial charge >= 0.3 is 6.03 Å². The molecule has 4 rings (SSSR count). The predicted molar refractivity (Wildman–Crippen MR) is 96.3 cm³/mol. The zero-order valence-electron chi connectivity index (χ0n) is 14.2. The average Bonchev–Trinajstić information content (AvgIpc) is 3.19. The zero-order valence-corrected chi connectivity index (χ0v) is 14.2. The lowest BCUT2D eigenvalue weighted by molar-refractivity contribution is 0.142. The fourth-order valence-electron chi connectivity index (χ4n) is 3.14. The molecule has 0 aliphatic carbocycles. The SMILES string of the molecule is O=C(Nc1cccnc1)N1CCCC[C@H]1c1nc(-c2ccccc2)no1. The maximum absolute atomic E-state index is 12.7. The molecule has 1 aromatic carbocycles. The van der Waals surface area contributed by atoms with Crippen molar-refractivity contribution in [3.63, 3.8) is 0 Å². The van der Waals surface area contributed by atoms with E-state index in [4.69, 9.17) is 4.52 Å². The van der Waals surface area contributed by atoms with Crippen molar-refractivity contribution in [1.82, 2.24) is 20.0 Å². The first kappa shape index (κ1) is 16.3. The summed E-state index contributed by atoms with van der Waals surface area (Å²) in [6.45, 7) is 0.653. The van der Waals surface area contributed by atoms with Crippen molar-refractivity contribution in [2.75, 3.05) is 11.9 Å². The monoisotopic (exact) mass is 349 g/mol. The van der Waals surface area contributed by atoms with Crippen LogP contribution in [-0.4, -0.2) is 32.6 Å². The van der Waals surface area contributed by atoms with E-state index >= 15 is 0 Å². The van der Waals surface area contributed by atoms with Gasteiger partial charge in [0.05, 0.1) is 11.9 Å². The highest BCUT2D eigenvalue weighted by molar-refractivity contribution is 5.89. The third kappa shape index (κ3) is 3.42. The van der Waals surface area contributed by atoms with Gasteiger partial charge in [-0.1, -0.05) is 35.5 Å². The Morgan fingerprint density at radius 2 is 2.04 bits per heavy atom. The summed E-state index contributed by atoms with van der Waals surface area (Å²) in [6, 6.07) is 12.9. The van der Waals surface area contributed by atoms with Gasteiger partial charge in [0.2, 0.25) is 11.7 Å². The molecular formula is C19H19N5O2. The van der Waals surface area contributed by atoms with Crippen molar-refractivity contribution in [3.8, 4) is 11.4 Å². The molecule has 132 valence electrons. The highest BCUT2D eigenvalue weighted by Gasteiger charge is 2.32. The number of anilines is 1. The quantitative estimate of drug-likeness (QED) is 0.775. The van der Waals surface area contributed by atoms with Gasteiger partial charge in [0.15, 0.2) is 0 Å². The summed E-state index contributed by atoms with van der Waals surface area (Å²) in [5.74, 6) is 1.02. The number of carbonyl (C=O) groups excluding carboxylic acids is 1. The van der Waals surface area contributed by atoms with Crippen LogP contribution in [0, 0.1) is 0 Å². The van der Waals surface area contributed by atoms with E-state index in [0.717, 1.165) is 24.8 Å². The molecule has 0 radical (unpaired) electrons. The molecule has 1 aliphatic rings. The minimum atomic E-state index is -0.217. The summed E-state index contributed by atoms with van der Waals surface area (Å²) in [7, 11) is 0. The molecule has 2 amide bonds. The molecule has 0 bridgehead atoms. The number of carbonyl (C=O) groups is 1. The Bertz CT molecular complexity index is 866. The first-order chi connectivity index (χ1) is 12.8. The van der Waals surface area contributed by atoms with E-state index in [1.54, 1.807) is 23.4 Å². The Hall–Kier alpha value is -3.22. The minimum absolute atomic E-state index is 0.179. The second kappa shape index (κ2) is 7.35. The molecule has 1 aliphatic heterocycles. The Kier molecular flexibility index (Phi) is 4.59. The number of amides is 2. The van der Waals surface area contributed by atoms with Crippen LogP contribution in [0.1, 0.15) is 31.2 Å². The molecule has 1 saturated heterocycles. The summed E-state index contributed by atoms with van der Waals surface area (Å²) < 4.78 is 5.49. The number of hydrogen-bond donors (Lipinski definition) is 1. The molecule has 1 atom stereocenters. The number of nitrogens with zero attached hydrogens (tertiary/aromatic N) is 4. The summed E-state index contributed by atoms with van der Waals surface area (Å²) >= 11 is 0. The van der Waals surface area contributed by atoms with Gasteiger partial charge in [-0.2, -0.15) is 4.98 Å². The molecule has 7 heteroatoms. The Morgan fingerprint density at radius 1 is 1.15 bits per heavy atom. The summed E-state index contributed by atoms with van der Waals surface area (Å²) in [6.07, 6.45) is 6.07. The van der Waals surface area contributed by atoms with Gasteiger partial charge in [-0.3, -0.25) is 4.98 Å². The maximum Gasteiger partial charge on any atom is 0.322 e. The number of piperidine rings is 1. The fraction of sp³-hybridized carbons (Fsp3) is 0.263. The number of aromatic nitrogens is 3. The normalized spacial score (nSPS) is 17.1. The summed E-state index contributed by atoms with van der Waals surface area (Å²) in [5, 5.41) is 6.97. The van der Waals surface area contributed by atoms with E-state index in [1.165, 1.54) is 0 Å². The van der Waals surface area contributed by atoms with Gasteiger partial charge < -0.3 is 14.7 Å². The largest absolute Gasteiger partial charge is 0.337 e. The van der Waals surface area contributed by atoms with Gasteiger partial charge in [0, 0.05) is 18.3 Å². The first-order valence-corrected chi connectivity index (χ1v) is 8.68. The van der Waals surface area contributed by atoms with E-state index in [2.05, 4.69) is 20.4 Å². The highest BCUT2D eigenvalue weighted by Crippen LogP contribution is 2.31. The Labute approximate surface area is 151 Å². The molecule has 0 spiro atoms. The third-order valence-corrected chi connectivity index (χ3v) is 4.44. The van der Waals surface area contributed by atoms with Crippen LogP contribution in [-0.2, 0) is 0 Å². The smallest absolute Gasteiger partial charge is 0.322 e. The van der Waals surface area contributed by atoms with Gasteiger partial charge in [-0.25, -0.2) is 4.79 Å². The van der Waals surface area contributed by atoms with E-state index in [0.29, 0.717) is 23.9 Å². The second-order valence-corrected chi connectivity index (χ2v) is 6.20. The van der Waals surface area contributed by atoms with E-state index < -0.39 is 0 Å². The van der Waals surface area contributed by atoms with Crippen LogP contribution in [0.4, 0.5) is 10.5 Å². The lowest BCUT2D eigenvalue weighted by Crippen LogP contribution is -2.41. The lowest BCUT2D eigenvalue weighted by Gasteiger charge is -2.33. The second-order valence-electron chi connectivity index (χ2n) is 6.20. The van der Waals surface area contributed by atoms with Crippen LogP contribution < -0.4 is 5.32 Å². The molecule has 1 fully saturated rings. The minimum Gasteiger partial charge on any atom is -0.337 e. The van der Waals surface area contributed by atoms with Crippen LogP contribution in [0.3, 0.4) is 0 Å². The van der Waals surface area contributed by atoms with Crippen LogP contribution in [0.15, 0.2) is 59.4 Å². The van der Waals surface area contributed by atoms with Crippen LogP contribution in [0.2, 0.25) is 0 Å². The number of rotatable bonds is 3. The summed E-state index contributed by atoms with van der Waals surface area (Å²) in [5.41, 5.74) is 1.56. The zero-order chi connectivity index (χ0) is 17.8. The molecular weight excluding hydrogens is 330 g/mol. The highest BCUT2D eigenvalue weighted by atomic mass is 16.5. The molecule has 0 unspecified atom stereocenters. The standard InChI is InChI=1S/C19H19N5O2/c25-19(21-15-9-6-11-20-13-15)24-12-5-4-10-16(24)18-22-17(23-26-18)14-7-2-1-3-8-14/h1-3,6-9,11,13,16H,4-5,10,12H2,(H,21,25)/t16-/m0/s1. The number of likely N-dealkylation sites (tertiary alicyclic amines) is 1. The Morgan fingerprint density at radius 3 is 2.85 bits per heavy atom. The van der Waals surface area contributed by atoms with Crippen molar-refractivity contribution >= 4 is 11.7 Å². The van der Waals surface area contributed by atoms with Gasteiger partial charge in [-0.05, 0) is 31.4 Å². The number of nitrogens with one attached hydrogen (secondary N) is 1. The first-order valence-electron chi connectivity index (χ1n) is 8.68. The van der Waals surface area contributed by atoms with Crippen LogP contribution in [0.5, 0.6) is 0 Å². The number of urea groups is 1. The van der Waals surface area contributed by atoms with Crippen LogP contribution in [0.25, 0.3) is 11.4 Å². The third-order valence-electron chi connectivity index (χ3n) is 4.44. The van der Waals surface area contributed by atoms with Crippen molar-refractivity contribution in [3.05, 3.63) is 60.7 Å². The number of pyridine rings is 1. The van der Waals surface area contributed by atoms with Gasteiger partial charge in [0.1, 0.15) is 6.04 Å². The number of benzene rings is 1. The van der Waals surface area contributed by atoms with Crippen molar-refractivity contribution in [2.45, 2.75) is 25.3 Å². The Balaban J connectivity index is 1.54. The molecule has 7 nitrogen and oxygen atoms in total. The van der Waals surface area contributed by atoms with Gasteiger partial charge in [-0.15, -0.1) is 0 Å². The van der Waals surface area contributed by atoms with E-state index in [-0.39, 0.29) is 12.1 Å². The summed E-state index contributed by atoms with van der Waals surface area (Å²) in [4.78, 5) is 23.0. The van der Waals surface area contributed by atoms with Crippen LogP contribution >= 0.6 is 0 Å². The van der Waals surface area contributed by atoms with Crippen molar-refractivity contribution < 1.29 is 9.32 Å². The number of hydrogen-bond acceptors (Lipinski definition) is 5. The van der Waals surface area contributed by atoms with Crippen molar-refractivity contribution in [1.29, 1.82) is 0 Å². The van der Waals surface area contributed by atoms with Crippen molar-refractivity contribution in [2.24, 2.45) is 0 Å². The molecule has 3 heterocycles. The average molecular weight is 349 g/mol. The fourth-order valence-corrected chi connectivity index (χ4v) is 3.14. The maximum atomic E-state index is 12.7. The molecule has 3 aromatic rings. The topological polar surface area (TPSA) is 84.2 Å². The van der Waals surface area contributed by atoms with Gasteiger partial charge in [0.25, 0.3) is 0 Å². The molecule has 1 N–H and O–H groups in total. The molecule has 2 aromatic heterocycles. The molecule has 26 heavy (non-hydrogen) atoms. The predicted octanol–water partition coefficient (Wildman–Crippen LogP) is 3.89. The van der Waals surface area contributed by atoms with E-state index in [1.807, 2.05) is 36.4 Å². The molecule has 0 saturated carbocycles. The lowest BCUT2D eigenvalue weighted by atomic mass is 10.0.